The van der Waals surface area contributed by atoms with Crippen molar-refractivity contribution in [2.24, 2.45) is 17.6 Å². The number of rotatable bonds is 33. The van der Waals surface area contributed by atoms with Crippen LogP contribution in [0.3, 0.4) is 0 Å². The lowest BCUT2D eigenvalue weighted by Crippen LogP contribution is -2.20. The van der Waals surface area contributed by atoms with Crippen LogP contribution in [0.4, 0.5) is 0 Å². The molecule has 0 aromatic rings. The van der Waals surface area contributed by atoms with Gasteiger partial charge in [0.1, 0.15) is 0 Å². The number of hydrogen-bond acceptors (Lipinski definition) is 3. The number of carboxylic acid groups (broad SMARTS) is 1. The van der Waals surface area contributed by atoms with Crippen LogP contribution >= 0.6 is 0 Å². The van der Waals surface area contributed by atoms with E-state index in [2.05, 4.69) is 45.4 Å². The zero-order valence-electron chi connectivity index (χ0n) is 30.5. The Balaban J connectivity index is 0. The normalized spacial score (nSPS) is 11.5. The van der Waals surface area contributed by atoms with Crippen LogP contribution < -0.4 is 5.73 Å². The van der Waals surface area contributed by atoms with Gasteiger partial charge in [0.2, 0.25) is 0 Å². The first-order valence-corrected chi connectivity index (χ1v) is 19.4. The second kappa shape index (κ2) is 37.6. The summed E-state index contributed by atoms with van der Waals surface area (Å²) < 4.78 is 0. The number of hydrogen-bond donors (Lipinski definition) is 2. The molecule has 0 fully saturated rings. The largest absolute Gasteiger partial charge is 0.480 e. The molecule has 0 heterocycles. The van der Waals surface area contributed by atoms with Crippen LogP contribution in [0.2, 0.25) is 0 Å². The summed E-state index contributed by atoms with van der Waals surface area (Å²) in [6.07, 6.45) is 40.9. The van der Waals surface area contributed by atoms with Gasteiger partial charge in [0.15, 0.2) is 0 Å². The van der Waals surface area contributed by atoms with Crippen molar-refractivity contribution in [3.63, 3.8) is 0 Å². The Hall–Kier alpha value is -0.610. The molecular weight excluding hydrogens is 528 g/mol. The molecule has 0 radical (unpaired) electrons. The molecule has 0 aliphatic heterocycles. The Morgan fingerprint density at radius 1 is 0.465 bits per heavy atom. The van der Waals surface area contributed by atoms with Crippen LogP contribution in [0.1, 0.15) is 207 Å². The van der Waals surface area contributed by atoms with Crippen LogP contribution in [0.15, 0.2) is 0 Å². The van der Waals surface area contributed by atoms with E-state index in [0.29, 0.717) is 0 Å². The van der Waals surface area contributed by atoms with Crippen molar-refractivity contribution in [3.8, 4) is 0 Å². The molecule has 0 amide bonds. The molecule has 0 aromatic carbocycles. The van der Waals surface area contributed by atoms with Crippen LogP contribution in [-0.4, -0.2) is 42.7 Å². The van der Waals surface area contributed by atoms with E-state index in [1.807, 2.05) is 0 Å². The molecule has 0 atom stereocenters. The molecule has 4 heteroatoms. The number of carbonyl (C=O) groups is 1. The highest BCUT2D eigenvalue weighted by molar-refractivity contribution is 5.68. The minimum absolute atomic E-state index is 0.278. The van der Waals surface area contributed by atoms with Crippen LogP contribution in [-0.2, 0) is 4.79 Å². The Kier molecular flexibility index (Phi) is 38.9. The van der Waals surface area contributed by atoms with Crippen molar-refractivity contribution in [1.82, 2.24) is 4.90 Å². The highest BCUT2D eigenvalue weighted by Gasteiger charge is 2.00. The van der Waals surface area contributed by atoms with Crippen molar-refractivity contribution in [3.05, 3.63) is 0 Å². The van der Waals surface area contributed by atoms with Crippen LogP contribution in [0, 0.1) is 11.8 Å². The third kappa shape index (κ3) is 45.9. The summed E-state index contributed by atoms with van der Waals surface area (Å²) in [6, 6.07) is 0. The molecule has 43 heavy (non-hydrogen) atoms. The average molecular weight is 611 g/mol. The van der Waals surface area contributed by atoms with Crippen molar-refractivity contribution in [2.75, 3.05) is 26.7 Å². The van der Waals surface area contributed by atoms with Gasteiger partial charge in [-0.25, -0.2) is 0 Å². The third-order valence-electron chi connectivity index (χ3n) is 8.82. The minimum Gasteiger partial charge on any atom is -0.480 e. The van der Waals surface area contributed by atoms with E-state index in [1.165, 1.54) is 193 Å². The number of carboxylic acids is 1. The van der Waals surface area contributed by atoms with Gasteiger partial charge in [0.25, 0.3) is 0 Å². The fourth-order valence-electron chi connectivity index (χ4n) is 5.87. The topological polar surface area (TPSA) is 66.6 Å². The maximum atomic E-state index is 9.24. The first-order valence-electron chi connectivity index (χ1n) is 19.4. The van der Waals surface area contributed by atoms with Gasteiger partial charge in [-0.3, -0.25) is 4.79 Å². The lowest BCUT2D eigenvalue weighted by atomic mass is 10.0. The van der Waals surface area contributed by atoms with Gasteiger partial charge in [0.05, 0.1) is 6.54 Å². The van der Waals surface area contributed by atoms with Crippen molar-refractivity contribution >= 4 is 5.97 Å². The predicted molar refractivity (Wildman–Crippen MR) is 193 cm³/mol. The molecule has 0 spiro atoms. The van der Waals surface area contributed by atoms with E-state index >= 15 is 0 Å². The first-order chi connectivity index (χ1) is 20.8. The number of nitrogens with zero attached hydrogens (tertiary/aromatic N) is 1. The SMILES string of the molecule is CC(C)CCCCCCCCCCCCCCCN(C)CCCCCCCCCCCCCCCC(C)C.NCC(=O)O. The molecule has 0 bridgehead atoms. The summed E-state index contributed by atoms with van der Waals surface area (Å²) >= 11 is 0. The molecule has 4 nitrogen and oxygen atoms in total. The molecule has 0 rings (SSSR count). The Labute approximate surface area is 272 Å². The lowest BCUT2D eigenvalue weighted by molar-refractivity contribution is -0.135. The van der Waals surface area contributed by atoms with E-state index in [-0.39, 0.29) is 6.54 Å². The van der Waals surface area contributed by atoms with E-state index in [9.17, 15) is 4.79 Å². The monoisotopic (exact) mass is 611 g/mol. The van der Waals surface area contributed by atoms with Gasteiger partial charge in [-0.05, 0) is 44.8 Å². The second-order valence-corrected chi connectivity index (χ2v) is 14.5. The van der Waals surface area contributed by atoms with Gasteiger partial charge in [-0.15, -0.1) is 0 Å². The maximum absolute atomic E-state index is 9.24. The molecule has 0 unspecified atom stereocenters. The van der Waals surface area contributed by atoms with E-state index < -0.39 is 5.97 Å². The zero-order chi connectivity index (χ0) is 32.2. The van der Waals surface area contributed by atoms with E-state index in [1.54, 1.807) is 0 Å². The molecule has 0 saturated carbocycles. The number of aliphatic carboxylic acids is 1. The van der Waals surface area contributed by atoms with Gasteiger partial charge in [-0.2, -0.15) is 0 Å². The van der Waals surface area contributed by atoms with Crippen LogP contribution in [0.5, 0.6) is 0 Å². The molecule has 0 aliphatic carbocycles. The van der Waals surface area contributed by atoms with Crippen LogP contribution in [0.25, 0.3) is 0 Å². The highest BCUT2D eigenvalue weighted by atomic mass is 16.4. The number of unbranched alkanes of at least 4 members (excludes halogenated alkanes) is 24. The molecular formula is C39H82N2O2. The maximum Gasteiger partial charge on any atom is 0.317 e. The Morgan fingerprint density at radius 2 is 0.651 bits per heavy atom. The van der Waals surface area contributed by atoms with Crippen molar-refractivity contribution in [2.45, 2.75) is 207 Å². The van der Waals surface area contributed by atoms with E-state index in [4.69, 9.17) is 5.11 Å². The average Bonchev–Trinajstić information content (AvgIpc) is 2.97. The summed E-state index contributed by atoms with van der Waals surface area (Å²) in [5.74, 6) is 0.818. The smallest absolute Gasteiger partial charge is 0.317 e. The quantitative estimate of drug-likeness (QED) is 0.0725. The fourth-order valence-corrected chi connectivity index (χ4v) is 5.87. The summed E-state index contributed by atoms with van der Waals surface area (Å²) in [7, 11) is 2.34. The van der Waals surface area contributed by atoms with Crippen molar-refractivity contribution in [1.29, 1.82) is 0 Å². The standard InChI is InChI=1S/C37H77N.C2H5NO2/c1-36(2)32-28-24-20-16-12-8-6-10-14-18-22-26-30-34-38(5)35-31-27-23-19-15-11-7-9-13-17-21-25-29-33-37(3)4;3-1-2(4)5/h36-37H,6-35H2,1-5H3;1,3H2,(H,4,5). The third-order valence-corrected chi connectivity index (χ3v) is 8.82. The summed E-state index contributed by atoms with van der Waals surface area (Å²) in [4.78, 5) is 11.8. The minimum atomic E-state index is -0.968. The summed E-state index contributed by atoms with van der Waals surface area (Å²) in [5.41, 5.74) is 4.57. The lowest BCUT2D eigenvalue weighted by Gasteiger charge is -2.16. The van der Waals surface area contributed by atoms with Gasteiger partial charge < -0.3 is 15.7 Å². The zero-order valence-corrected chi connectivity index (χ0v) is 30.5. The van der Waals surface area contributed by atoms with Crippen molar-refractivity contribution < 1.29 is 9.90 Å². The van der Waals surface area contributed by atoms with Gasteiger partial charge in [-0.1, -0.05) is 195 Å². The first kappa shape index (κ1) is 44.5. The van der Waals surface area contributed by atoms with E-state index in [0.717, 1.165) is 11.8 Å². The molecule has 3 N–H and O–H groups in total. The van der Waals surface area contributed by atoms with Gasteiger partial charge in [0, 0.05) is 0 Å². The predicted octanol–water partition coefficient (Wildman–Crippen LogP) is 12.2. The fraction of sp³-hybridized carbons (Fsp3) is 0.974. The Bertz CT molecular complexity index is 485. The number of nitrogens with two attached hydrogens (primary N) is 1. The summed E-state index contributed by atoms with van der Waals surface area (Å²) in [6.45, 7) is 11.7. The molecule has 0 aliphatic rings. The summed E-state index contributed by atoms with van der Waals surface area (Å²) in [5, 5.41) is 7.60. The molecule has 260 valence electrons. The second-order valence-electron chi connectivity index (χ2n) is 14.5. The molecule has 0 aromatic heterocycles. The molecule has 0 saturated heterocycles. The van der Waals surface area contributed by atoms with Gasteiger partial charge >= 0.3 is 5.97 Å². The highest BCUT2D eigenvalue weighted by Crippen LogP contribution is 2.16. The Morgan fingerprint density at radius 3 is 0.837 bits per heavy atom.